The zero-order valence-corrected chi connectivity index (χ0v) is 15.6. The van der Waals surface area contributed by atoms with Crippen molar-refractivity contribution in [3.63, 3.8) is 0 Å². The molecule has 0 saturated carbocycles. The molecule has 0 amide bonds. The average Bonchev–Trinajstić information content (AvgIpc) is 2.86. The summed E-state index contributed by atoms with van der Waals surface area (Å²) in [5, 5.41) is 3.75. The number of hydrogen-bond donors (Lipinski definition) is 1. The zero-order valence-electron chi connectivity index (χ0n) is 14.6. The second-order valence-electron chi connectivity index (χ2n) is 7.81. The van der Waals surface area contributed by atoms with Crippen LogP contribution in [-0.4, -0.2) is 38.7 Å². The van der Waals surface area contributed by atoms with E-state index in [0.29, 0.717) is 6.61 Å². The first-order valence-electron chi connectivity index (χ1n) is 8.12. The minimum Gasteiger partial charge on any atom is -0.408 e. The maximum Gasteiger partial charge on any atom is 0.193 e. The van der Waals surface area contributed by atoms with E-state index in [4.69, 9.17) is 9.16 Å². The van der Waals surface area contributed by atoms with Crippen molar-refractivity contribution in [3.8, 4) is 0 Å². The lowest BCUT2D eigenvalue weighted by atomic mass is 10.0. The second-order valence-corrected chi connectivity index (χ2v) is 12.5. The molecule has 124 valence electrons. The summed E-state index contributed by atoms with van der Waals surface area (Å²) in [5.74, 6) is 0. The Morgan fingerprint density at radius 1 is 1.41 bits per heavy atom. The maximum absolute atomic E-state index is 6.72. The SMILES string of the molecule is CC(C)(C)[Si](C)(C)OC1(CNCc2cccnc2)CCOC1. The van der Waals surface area contributed by atoms with Crippen LogP contribution in [-0.2, 0) is 15.7 Å². The minimum atomic E-state index is -1.80. The van der Waals surface area contributed by atoms with Gasteiger partial charge in [-0.05, 0) is 29.8 Å². The summed E-state index contributed by atoms with van der Waals surface area (Å²) in [7, 11) is -1.80. The van der Waals surface area contributed by atoms with Gasteiger partial charge in [-0.25, -0.2) is 0 Å². The zero-order chi connectivity index (χ0) is 16.3. The Hall–Kier alpha value is -0.753. The van der Waals surface area contributed by atoms with E-state index in [1.54, 1.807) is 6.20 Å². The maximum atomic E-state index is 6.72. The summed E-state index contributed by atoms with van der Waals surface area (Å²) in [6, 6.07) is 4.06. The third-order valence-electron chi connectivity index (χ3n) is 4.84. The van der Waals surface area contributed by atoms with Crippen LogP contribution < -0.4 is 5.32 Å². The number of nitrogens with zero attached hydrogens (tertiary/aromatic N) is 1. The van der Waals surface area contributed by atoms with E-state index in [-0.39, 0.29) is 10.6 Å². The van der Waals surface area contributed by atoms with Gasteiger partial charge >= 0.3 is 0 Å². The smallest absolute Gasteiger partial charge is 0.193 e. The monoisotopic (exact) mass is 322 g/mol. The summed E-state index contributed by atoms with van der Waals surface area (Å²) in [6.45, 7) is 14.6. The third-order valence-corrected chi connectivity index (χ3v) is 9.40. The molecule has 1 aromatic heterocycles. The van der Waals surface area contributed by atoms with Gasteiger partial charge in [0, 0.05) is 38.5 Å². The van der Waals surface area contributed by atoms with Gasteiger partial charge in [0.25, 0.3) is 0 Å². The molecule has 2 heterocycles. The van der Waals surface area contributed by atoms with E-state index in [2.05, 4.69) is 50.2 Å². The molecule has 0 radical (unpaired) electrons. The first kappa shape index (κ1) is 17.6. The van der Waals surface area contributed by atoms with Gasteiger partial charge in [-0.3, -0.25) is 4.98 Å². The van der Waals surface area contributed by atoms with Crippen LogP contribution in [0.5, 0.6) is 0 Å². The van der Waals surface area contributed by atoms with Crippen LogP contribution in [0.3, 0.4) is 0 Å². The number of hydrogen-bond acceptors (Lipinski definition) is 4. The molecule has 0 bridgehead atoms. The molecule has 0 aromatic carbocycles. The highest BCUT2D eigenvalue weighted by Crippen LogP contribution is 2.40. The van der Waals surface area contributed by atoms with Crippen LogP contribution in [0.25, 0.3) is 0 Å². The number of aromatic nitrogens is 1. The molecule has 1 N–H and O–H groups in total. The van der Waals surface area contributed by atoms with Gasteiger partial charge < -0.3 is 14.5 Å². The summed E-state index contributed by atoms with van der Waals surface area (Å²) in [6.07, 6.45) is 4.68. The van der Waals surface area contributed by atoms with Gasteiger partial charge in [0.2, 0.25) is 0 Å². The average molecular weight is 323 g/mol. The van der Waals surface area contributed by atoms with Gasteiger partial charge in [0.1, 0.15) is 0 Å². The molecular weight excluding hydrogens is 292 g/mol. The van der Waals surface area contributed by atoms with Crippen LogP contribution in [0.4, 0.5) is 0 Å². The van der Waals surface area contributed by atoms with Gasteiger partial charge in [-0.2, -0.15) is 0 Å². The first-order chi connectivity index (χ1) is 10.2. The van der Waals surface area contributed by atoms with Gasteiger partial charge in [0.15, 0.2) is 8.32 Å². The highest BCUT2D eigenvalue weighted by Gasteiger charge is 2.46. The molecule has 1 fully saturated rings. The van der Waals surface area contributed by atoms with Crippen molar-refractivity contribution in [2.75, 3.05) is 19.8 Å². The number of nitrogens with one attached hydrogen (secondary N) is 1. The molecule has 1 aromatic rings. The highest BCUT2D eigenvalue weighted by molar-refractivity contribution is 6.74. The lowest BCUT2D eigenvalue weighted by Gasteiger charge is -2.43. The van der Waals surface area contributed by atoms with E-state index in [1.807, 2.05) is 12.3 Å². The lowest BCUT2D eigenvalue weighted by molar-refractivity contribution is 0.0374. The van der Waals surface area contributed by atoms with Crippen molar-refractivity contribution in [3.05, 3.63) is 30.1 Å². The van der Waals surface area contributed by atoms with Crippen LogP contribution in [0, 0.1) is 0 Å². The molecule has 1 aliphatic heterocycles. The van der Waals surface area contributed by atoms with Crippen molar-refractivity contribution in [1.82, 2.24) is 10.3 Å². The number of pyridine rings is 1. The first-order valence-corrected chi connectivity index (χ1v) is 11.0. The second kappa shape index (κ2) is 6.79. The molecule has 1 unspecified atom stereocenters. The molecule has 1 aliphatic rings. The van der Waals surface area contributed by atoms with Gasteiger partial charge in [0.05, 0.1) is 12.2 Å². The molecule has 4 nitrogen and oxygen atoms in total. The van der Waals surface area contributed by atoms with Crippen LogP contribution >= 0.6 is 0 Å². The Morgan fingerprint density at radius 2 is 2.18 bits per heavy atom. The Kier molecular flexibility index (Phi) is 5.43. The number of rotatable bonds is 6. The molecule has 1 saturated heterocycles. The van der Waals surface area contributed by atoms with E-state index in [1.165, 1.54) is 5.56 Å². The summed E-state index contributed by atoms with van der Waals surface area (Å²) in [4.78, 5) is 4.16. The molecule has 2 rings (SSSR count). The number of ether oxygens (including phenoxy) is 1. The third kappa shape index (κ3) is 4.38. The molecular formula is C17H30N2O2Si. The Morgan fingerprint density at radius 3 is 2.73 bits per heavy atom. The van der Waals surface area contributed by atoms with E-state index in [0.717, 1.165) is 26.1 Å². The van der Waals surface area contributed by atoms with Crippen molar-refractivity contribution >= 4 is 8.32 Å². The molecule has 1 atom stereocenters. The van der Waals surface area contributed by atoms with Crippen LogP contribution in [0.1, 0.15) is 32.8 Å². The predicted molar refractivity (Wildman–Crippen MR) is 92.4 cm³/mol. The van der Waals surface area contributed by atoms with Crippen molar-refractivity contribution in [1.29, 1.82) is 0 Å². The van der Waals surface area contributed by atoms with E-state index < -0.39 is 8.32 Å². The van der Waals surface area contributed by atoms with E-state index in [9.17, 15) is 0 Å². The van der Waals surface area contributed by atoms with Crippen LogP contribution in [0.2, 0.25) is 18.1 Å². The largest absolute Gasteiger partial charge is 0.408 e. The fourth-order valence-corrected chi connectivity index (χ4v) is 4.10. The lowest BCUT2D eigenvalue weighted by Crippen LogP contribution is -2.54. The van der Waals surface area contributed by atoms with Gasteiger partial charge in [-0.15, -0.1) is 0 Å². The van der Waals surface area contributed by atoms with Crippen molar-refractivity contribution in [2.45, 2.75) is 57.5 Å². The minimum absolute atomic E-state index is 0.175. The van der Waals surface area contributed by atoms with Crippen molar-refractivity contribution in [2.24, 2.45) is 0 Å². The fourth-order valence-electron chi connectivity index (χ4n) is 2.48. The molecule has 5 heteroatoms. The summed E-state index contributed by atoms with van der Waals surface area (Å²) in [5.41, 5.74) is 1.02. The molecule has 0 spiro atoms. The van der Waals surface area contributed by atoms with Gasteiger partial charge in [-0.1, -0.05) is 26.8 Å². The van der Waals surface area contributed by atoms with Crippen LogP contribution in [0.15, 0.2) is 24.5 Å². The van der Waals surface area contributed by atoms with E-state index >= 15 is 0 Å². The molecule has 0 aliphatic carbocycles. The molecule has 22 heavy (non-hydrogen) atoms. The Labute approximate surface area is 135 Å². The Bertz CT molecular complexity index is 465. The van der Waals surface area contributed by atoms with Crippen molar-refractivity contribution < 1.29 is 9.16 Å². The quantitative estimate of drug-likeness (QED) is 0.816. The summed E-state index contributed by atoms with van der Waals surface area (Å²) < 4.78 is 12.4. The fraction of sp³-hybridized carbons (Fsp3) is 0.706. The topological polar surface area (TPSA) is 43.4 Å². The summed E-state index contributed by atoms with van der Waals surface area (Å²) >= 11 is 0. The standard InChI is InChI=1S/C17H30N2O2Si/c1-16(2,3)22(4,5)21-17(8-10-20-14-17)13-19-12-15-7-6-9-18-11-15/h6-7,9,11,19H,8,10,12-14H2,1-5H3. The predicted octanol–water partition coefficient (Wildman–Crippen LogP) is 3.35. The Balaban J connectivity index is 1.97. The normalized spacial score (nSPS) is 23.0. The highest BCUT2D eigenvalue weighted by atomic mass is 28.4.